The van der Waals surface area contributed by atoms with Gasteiger partial charge in [0.25, 0.3) is 0 Å². The van der Waals surface area contributed by atoms with Crippen molar-refractivity contribution in [2.45, 2.75) is 25.8 Å². The van der Waals surface area contributed by atoms with Gasteiger partial charge in [-0.2, -0.15) is 0 Å². The molecule has 0 radical (unpaired) electrons. The van der Waals surface area contributed by atoms with Gasteiger partial charge in [0.2, 0.25) is 11.8 Å². The van der Waals surface area contributed by atoms with Crippen LogP contribution in [0.15, 0.2) is 35.7 Å². The highest BCUT2D eigenvalue weighted by molar-refractivity contribution is 7.10. The molecular formula is C21H25ClN2O3S. The van der Waals surface area contributed by atoms with E-state index in [1.54, 1.807) is 23.3 Å². The Hall–Kier alpha value is -1.89. The van der Waals surface area contributed by atoms with E-state index in [2.05, 4.69) is 11.4 Å². The molecule has 7 heteroatoms. The second kappa shape index (κ2) is 9.54. The Balaban J connectivity index is 1.83. The van der Waals surface area contributed by atoms with Crippen molar-refractivity contribution in [1.29, 1.82) is 0 Å². The van der Waals surface area contributed by atoms with Crippen molar-refractivity contribution in [1.82, 2.24) is 9.80 Å². The summed E-state index contributed by atoms with van der Waals surface area (Å²) >= 11 is 7.79. The van der Waals surface area contributed by atoms with E-state index in [1.807, 2.05) is 29.2 Å². The number of carbonyl (C=O) groups is 2. The van der Waals surface area contributed by atoms with E-state index in [1.165, 1.54) is 17.4 Å². The SMILES string of the molecule is COCCCN(CC(=O)N1CCc2sccc2C1c1ccc(Cl)cc1)C(C)=O. The first kappa shape index (κ1) is 20.8. The summed E-state index contributed by atoms with van der Waals surface area (Å²) in [4.78, 5) is 30.0. The van der Waals surface area contributed by atoms with Crippen LogP contribution in [0.25, 0.3) is 0 Å². The number of halogens is 1. The molecule has 2 amide bonds. The molecule has 0 N–H and O–H groups in total. The molecule has 3 rings (SSSR count). The summed E-state index contributed by atoms with van der Waals surface area (Å²) in [5.74, 6) is -0.134. The van der Waals surface area contributed by atoms with Crippen LogP contribution in [0.2, 0.25) is 5.02 Å². The third-order valence-corrected chi connectivity index (χ3v) is 6.27. The molecule has 0 bridgehead atoms. The normalized spacial score (nSPS) is 16.0. The maximum atomic E-state index is 13.2. The predicted octanol–water partition coefficient (Wildman–Crippen LogP) is 3.76. The fraction of sp³-hybridized carbons (Fsp3) is 0.429. The Morgan fingerprint density at radius 3 is 2.71 bits per heavy atom. The Morgan fingerprint density at radius 1 is 1.29 bits per heavy atom. The molecule has 1 aliphatic heterocycles. The van der Waals surface area contributed by atoms with Gasteiger partial charge in [0.15, 0.2) is 0 Å². The number of hydrogen-bond acceptors (Lipinski definition) is 4. The lowest BCUT2D eigenvalue weighted by molar-refractivity contribution is -0.140. The number of rotatable bonds is 7. The summed E-state index contributed by atoms with van der Waals surface area (Å²) in [6, 6.07) is 9.61. The number of fused-ring (bicyclic) bond motifs is 1. The van der Waals surface area contributed by atoms with Crippen molar-refractivity contribution in [3.63, 3.8) is 0 Å². The zero-order valence-corrected chi connectivity index (χ0v) is 17.8. The van der Waals surface area contributed by atoms with Crippen LogP contribution < -0.4 is 0 Å². The van der Waals surface area contributed by atoms with Gasteiger partial charge >= 0.3 is 0 Å². The summed E-state index contributed by atoms with van der Waals surface area (Å²) in [7, 11) is 1.63. The van der Waals surface area contributed by atoms with Gasteiger partial charge < -0.3 is 14.5 Å². The number of thiophene rings is 1. The van der Waals surface area contributed by atoms with Crippen molar-refractivity contribution >= 4 is 34.8 Å². The maximum absolute atomic E-state index is 13.2. The van der Waals surface area contributed by atoms with Crippen molar-refractivity contribution in [2.24, 2.45) is 0 Å². The first-order chi connectivity index (χ1) is 13.5. The van der Waals surface area contributed by atoms with Gasteiger partial charge in [0.05, 0.1) is 12.6 Å². The third kappa shape index (κ3) is 4.74. The highest BCUT2D eigenvalue weighted by Gasteiger charge is 2.33. The fourth-order valence-electron chi connectivity index (χ4n) is 3.59. The van der Waals surface area contributed by atoms with E-state index in [0.29, 0.717) is 31.1 Å². The predicted molar refractivity (Wildman–Crippen MR) is 112 cm³/mol. The average Bonchev–Trinajstić information content (AvgIpc) is 3.16. The molecule has 5 nitrogen and oxygen atoms in total. The van der Waals surface area contributed by atoms with Gasteiger partial charge in [-0.3, -0.25) is 9.59 Å². The van der Waals surface area contributed by atoms with Crippen LogP contribution in [-0.4, -0.2) is 55.0 Å². The highest BCUT2D eigenvalue weighted by Crippen LogP contribution is 2.38. The molecule has 0 saturated heterocycles. The molecule has 150 valence electrons. The highest BCUT2D eigenvalue weighted by atomic mass is 35.5. The van der Waals surface area contributed by atoms with Crippen LogP contribution in [0.3, 0.4) is 0 Å². The molecule has 0 spiro atoms. The molecule has 1 aromatic heterocycles. The summed E-state index contributed by atoms with van der Waals surface area (Å²) in [6.45, 7) is 3.31. The summed E-state index contributed by atoms with van der Waals surface area (Å²) < 4.78 is 5.07. The number of methoxy groups -OCH3 is 1. The Labute approximate surface area is 174 Å². The lowest BCUT2D eigenvalue weighted by Gasteiger charge is -2.37. The van der Waals surface area contributed by atoms with Gasteiger partial charge in [-0.05, 0) is 47.5 Å². The van der Waals surface area contributed by atoms with Crippen LogP contribution in [0.1, 0.15) is 35.4 Å². The number of amides is 2. The zero-order chi connectivity index (χ0) is 20.1. The quantitative estimate of drug-likeness (QED) is 0.641. The van der Waals surface area contributed by atoms with Crippen molar-refractivity contribution in [2.75, 3.05) is 33.4 Å². The first-order valence-corrected chi connectivity index (χ1v) is 10.6. The Morgan fingerprint density at radius 2 is 2.04 bits per heavy atom. The molecule has 1 aliphatic rings. The fourth-order valence-corrected chi connectivity index (χ4v) is 4.62. The van der Waals surface area contributed by atoms with Crippen molar-refractivity contribution in [3.05, 3.63) is 56.7 Å². The number of carbonyl (C=O) groups excluding carboxylic acids is 2. The molecule has 2 aromatic rings. The standard InChI is InChI=1S/C21H25ClN2O3S/c1-15(25)23(10-3-12-27-2)14-20(26)24-11-8-19-18(9-13-28-19)21(24)16-4-6-17(22)7-5-16/h4-7,9,13,21H,3,8,10-12,14H2,1-2H3. The lowest BCUT2D eigenvalue weighted by Crippen LogP contribution is -2.46. The maximum Gasteiger partial charge on any atom is 0.242 e. The lowest BCUT2D eigenvalue weighted by atomic mass is 9.93. The van der Waals surface area contributed by atoms with Gasteiger partial charge in [0, 0.05) is 43.6 Å². The summed E-state index contributed by atoms with van der Waals surface area (Å²) in [6.07, 6.45) is 1.55. The number of hydrogen-bond donors (Lipinski definition) is 0. The van der Waals surface area contributed by atoms with Gasteiger partial charge in [0.1, 0.15) is 0 Å². The molecule has 0 aliphatic carbocycles. The molecule has 0 fully saturated rings. The van der Waals surface area contributed by atoms with Crippen molar-refractivity contribution in [3.8, 4) is 0 Å². The van der Waals surface area contributed by atoms with Gasteiger partial charge in [-0.25, -0.2) is 0 Å². The summed E-state index contributed by atoms with van der Waals surface area (Å²) in [5, 5.41) is 2.75. The van der Waals surface area contributed by atoms with Crippen LogP contribution in [-0.2, 0) is 20.7 Å². The van der Waals surface area contributed by atoms with E-state index in [4.69, 9.17) is 16.3 Å². The van der Waals surface area contributed by atoms with Crippen LogP contribution in [0, 0.1) is 0 Å². The van der Waals surface area contributed by atoms with Gasteiger partial charge in [-0.15, -0.1) is 11.3 Å². The second-order valence-corrected chi connectivity index (χ2v) is 8.31. The topological polar surface area (TPSA) is 49.9 Å². The minimum absolute atomic E-state index is 0.0376. The molecule has 28 heavy (non-hydrogen) atoms. The third-order valence-electron chi connectivity index (χ3n) is 5.02. The largest absolute Gasteiger partial charge is 0.385 e. The van der Waals surface area contributed by atoms with Crippen LogP contribution in [0.4, 0.5) is 0 Å². The number of benzene rings is 1. The summed E-state index contributed by atoms with van der Waals surface area (Å²) in [5.41, 5.74) is 2.20. The van der Waals surface area contributed by atoms with E-state index in [-0.39, 0.29) is 24.4 Å². The number of ether oxygens (including phenoxy) is 1. The van der Waals surface area contributed by atoms with E-state index < -0.39 is 0 Å². The average molecular weight is 421 g/mol. The minimum Gasteiger partial charge on any atom is -0.385 e. The molecule has 2 heterocycles. The Kier molecular flexibility index (Phi) is 7.10. The van der Waals surface area contributed by atoms with Gasteiger partial charge in [-0.1, -0.05) is 23.7 Å². The van der Waals surface area contributed by atoms with E-state index in [9.17, 15) is 9.59 Å². The molecule has 1 atom stereocenters. The first-order valence-electron chi connectivity index (χ1n) is 9.37. The zero-order valence-electron chi connectivity index (χ0n) is 16.2. The molecule has 0 saturated carbocycles. The Bertz CT molecular complexity index is 821. The second-order valence-electron chi connectivity index (χ2n) is 6.88. The molecule has 1 aromatic carbocycles. The molecule has 1 unspecified atom stereocenters. The number of nitrogens with zero attached hydrogens (tertiary/aromatic N) is 2. The molecular weight excluding hydrogens is 396 g/mol. The minimum atomic E-state index is -0.146. The van der Waals surface area contributed by atoms with Crippen molar-refractivity contribution < 1.29 is 14.3 Å². The van der Waals surface area contributed by atoms with Crippen LogP contribution >= 0.6 is 22.9 Å². The smallest absolute Gasteiger partial charge is 0.242 e. The van der Waals surface area contributed by atoms with E-state index in [0.717, 1.165) is 12.0 Å². The van der Waals surface area contributed by atoms with E-state index >= 15 is 0 Å². The van der Waals surface area contributed by atoms with Crippen LogP contribution in [0.5, 0.6) is 0 Å². The monoisotopic (exact) mass is 420 g/mol.